The van der Waals surface area contributed by atoms with Crippen molar-refractivity contribution in [2.24, 2.45) is 5.73 Å². The van der Waals surface area contributed by atoms with Crippen LogP contribution < -0.4 is 10.5 Å². The molecule has 2 N–H and O–H groups in total. The van der Waals surface area contributed by atoms with Gasteiger partial charge in [-0.3, -0.25) is 0 Å². The van der Waals surface area contributed by atoms with Crippen LogP contribution in [0, 0.1) is 17.7 Å². The molecule has 0 aliphatic heterocycles. The van der Waals surface area contributed by atoms with Crippen molar-refractivity contribution < 1.29 is 9.13 Å². The van der Waals surface area contributed by atoms with E-state index in [-0.39, 0.29) is 18.1 Å². The molecule has 0 heterocycles. The van der Waals surface area contributed by atoms with Crippen LogP contribution in [0.15, 0.2) is 18.2 Å². The summed E-state index contributed by atoms with van der Waals surface area (Å²) in [6.45, 7) is 2.67. The Kier molecular flexibility index (Phi) is 6.13. The van der Waals surface area contributed by atoms with Gasteiger partial charge in [-0.05, 0) is 12.5 Å². The molecule has 0 spiro atoms. The van der Waals surface area contributed by atoms with Gasteiger partial charge in [0.05, 0.1) is 6.61 Å². The quantitative estimate of drug-likeness (QED) is 0.629. The molecule has 92 valence electrons. The fourth-order valence-corrected chi connectivity index (χ4v) is 1.38. The number of nitrogens with two attached hydrogens (primary N) is 1. The Balaban J connectivity index is 2.41. The summed E-state index contributed by atoms with van der Waals surface area (Å²) in [5.74, 6) is 5.92. The van der Waals surface area contributed by atoms with Crippen LogP contribution in [0.25, 0.3) is 0 Å². The molecule has 0 radical (unpaired) electrons. The lowest BCUT2D eigenvalue weighted by Crippen LogP contribution is -2.04. The van der Waals surface area contributed by atoms with E-state index in [2.05, 4.69) is 11.8 Å². The average molecular weight is 235 g/mol. The van der Waals surface area contributed by atoms with Crippen molar-refractivity contribution in [2.75, 3.05) is 6.61 Å². The van der Waals surface area contributed by atoms with Gasteiger partial charge < -0.3 is 10.5 Å². The van der Waals surface area contributed by atoms with E-state index in [0.717, 1.165) is 19.3 Å². The smallest absolute Gasteiger partial charge is 0.169 e. The third-order valence-electron chi connectivity index (χ3n) is 2.27. The lowest BCUT2D eigenvalue weighted by Gasteiger charge is -2.08. The molecule has 0 aliphatic rings. The Morgan fingerprint density at radius 2 is 2.18 bits per heavy atom. The second kappa shape index (κ2) is 7.70. The summed E-state index contributed by atoms with van der Waals surface area (Å²) in [4.78, 5) is 0. The highest BCUT2D eigenvalue weighted by atomic mass is 19.1. The number of benzene rings is 1. The Morgan fingerprint density at radius 1 is 1.35 bits per heavy atom. The fraction of sp³-hybridized carbons (Fsp3) is 0.429. The van der Waals surface area contributed by atoms with Gasteiger partial charge >= 0.3 is 0 Å². The molecule has 1 rings (SSSR count). The summed E-state index contributed by atoms with van der Waals surface area (Å²) in [5.41, 5.74) is 5.90. The first-order chi connectivity index (χ1) is 8.29. The molecule has 0 atom stereocenters. The molecule has 0 amide bonds. The SMILES string of the molecule is CCC#CCCCOc1cccc(CN)c1F. The van der Waals surface area contributed by atoms with E-state index in [1.807, 2.05) is 6.92 Å². The van der Waals surface area contributed by atoms with E-state index >= 15 is 0 Å². The summed E-state index contributed by atoms with van der Waals surface area (Å²) in [7, 11) is 0. The standard InChI is InChI=1S/C14H18FNO/c1-2-3-4-5-6-10-17-13-9-7-8-12(11-16)14(13)15/h7-9H,2,5-6,10-11,16H2,1H3. The Hall–Kier alpha value is -1.53. The summed E-state index contributed by atoms with van der Waals surface area (Å²) in [6.07, 6.45) is 2.46. The van der Waals surface area contributed by atoms with E-state index in [1.165, 1.54) is 0 Å². The highest BCUT2D eigenvalue weighted by Gasteiger charge is 2.06. The second-order valence-corrected chi connectivity index (χ2v) is 3.59. The molecule has 0 aromatic heterocycles. The van der Waals surface area contributed by atoms with Crippen LogP contribution in [-0.2, 0) is 6.54 Å². The zero-order valence-corrected chi connectivity index (χ0v) is 10.1. The largest absolute Gasteiger partial charge is 0.490 e. The first-order valence-corrected chi connectivity index (χ1v) is 5.85. The number of unbranched alkanes of at least 4 members (excludes halogenated alkanes) is 1. The van der Waals surface area contributed by atoms with Crippen LogP contribution in [0.4, 0.5) is 4.39 Å². The van der Waals surface area contributed by atoms with E-state index in [0.29, 0.717) is 12.2 Å². The van der Waals surface area contributed by atoms with E-state index in [1.54, 1.807) is 18.2 Å². The molecule has 0 unspecified atom stereocenters. The van der Waals surface area contributed by atoms with Crippen LogP contribution in [0.1, 0.15) is 31.7 Å². The van der Waals surface area contributed by atoms with Crippen molar-refractivity contribution in [3.05, 3.63) is 29.6 Å². The normalized spacial score (nSPS) is 9.59. The molecule has 0 fully saturated rings. The summed E-state index contributed by atoms with van der Waals surface area (Å²) in [6, 6.07) is 5.03. The summed E-state index contributed by atoms with van der Waals surface area (Å²) < 4.78 is 19.0. The molecule has 0 aliphatic carbocycles. The first kappa shape index (κ1) is 13.5. The topological polar surface area (TPSA) is 35.2 Å². The van der Waals surface area contributed by atoms with Gasteiger partial charge in [0, 0.05) is 24.9 Å². The van der Waals surface area contributed by atoms with Crippen molar-refractivity contribution >= 4 is 0 Å². The molecule has 1 aromatic carbocycles. The maximum absolute atomic E-state index is 13.7. The van der Waals surface area contributed by atoms with Crippen molar-refractivity contribution in [3.8, 4) is 17.6 Å². The van der Waals surface area contributed by atoms with Crippen LogP contribution in [-0.4, -0.2) is 6.61 Å². The summed E-state index contributed by atoms with van der Waals surface area (Å²) >= 11 is 0. The minimum Gasteiger partial charge on any atom is -0.490 e. The molecule has 0 bridgehead atoms. The number of ether oxygens (including phenoxy) is 1. The van der Waals surface area contributed by atoms with Gasteiger partial charge in [0.1, 0.15) is 0 Å². The maximum atomic E-state index is 13.7. The molecule has 2 nitrogen and oxygen atoms in total. The number of hydrogen-bond donors (Lipinski definition) is 1. The monoisotopic (exact) mass is 235 g/mol. The zero-order valence-electron chi connectivity index (χ0n) is 10.1. The van der Waals surface area contributed by atoms with Gasteiger partial charge in [0.25, 0.3) is 0 Å². The number of halogens is 1. The predicted molar refractivity (Wildman–Crippen MR) is 67.1 cm³/mol. The third kappa shape index (κ3) is 4.46. The Bertz CT molecular complexity index is 406. The van der Waals surface area contributed by atoms with E-state index < -0.39 is 0 Å². The van der Waals surface area contributed by atoms with Gasteiger partial charge in [-0.25, -0.2) is 4.39 Å². The lowest BCUT2D eigenvalue weighted by molar-refractivity contribution is 0.296. The number of rotatable bonds is 5. The average Bonchev–Trinajstić information content (AvgIpc) is 2.35. The van der Waals surface area contributed by atoms with Crippen molar-refractivity contribution in [1.82, 2.24) is 0 Å². The molecule has 1 aromatic rings. The van der Waals surface area contributed by atoms with Gasteiger partial charge in [-0.15, -0.1) is 11.8 Å². The highest BCUT2D eigenvalue weighted by Crippen LogP contribution is 2.20. The van der Waals surface area contributed by atoms with E-state index in [4.69, 9.17) is 10.5 Å². The molecular formula is C14H18FNO. The van der Waals surface area contributed by atoms with Gasteiger partial charge in [0.2, 0.25) is 0 Å². The predicted octanol–water partition coefficient (Wildman–Crippen LogP) is 2.86. The molecule has 17 heavy (non-hydrogen) atoms. The Morgan fingerprint density at radius 3 is 2.88 bits per heavy atom. The zero-order chi connectivity index (χ0) is 12.5. The van der Waals surface area contributed by atoms with Crippen LogP contribution in [0.3, 0.4) is 0 Å². The van der Waals surface area contributed by atoms with Crippen molar-refractivity contribution in [3.63, 3.8) is 0 Å². The van der Waals surface area contributed by atoms with Gasteiger partial charge in [-0.2, -0.15) is 0 Å². The van der Waals surface area contributed by atoms with Gasteiger partial charge in [0.15, 0.2) is 11.6 Å². The lowest BCUT2D eigenvalue weighted by atomic mass is 10.2. The minimum atomic E-state index is -0.352. The minimum absolute atomic E-state index is 0.186. The first-order valence-electron chi connectivity index (χ1n) is 5.85. The van der Waals surface area contributed by atoms with Crippen molar-refractivity contribution in [2.45, 2.75) is 32.7 Å². The number of hydrogen-bond acceptors (Lipinski definition) is 2. The van der Waals surface area contributed by atoms with Crippen molar-refractivity contribution in [1.29, 1.82) is 0 Å². The Labute approximate surface area is 102 Å². The van der Waals surface area contributed by atoms with Crippen LogP contribution in [0.2, 0.25) is 0 Å². The van der Waals surface area contributed by atoms with E-state index in [9.17, 15) is 4.39 Å². The highest BCUT2D eigenvalue weighted by molar-refractivity contribution is 5.30. The molecule has 0 saturated heterocycles. The molecule has 3 heteroatoms. The van der Waals surface area contributed by atoms with Crippen LogP contribution in [0.5, 0.6) is 5.75 Å². The van der Waals surface area contributed by atoms with Crippen LogP contribution >= 0.6 is 0 Å². The van der Waals surface area contributed by atoms with Gasteiger partial charge in [-0.1, -0.05) is 19.1 Å². The maximum Gasteiger partial charge on any atom is 0.169 e. The summed E-state index contributed by atoms with van der Waals surface area (Å²) in [5, 5.41) is 0. The molecular weight excluding hydrogens is 217 g/mol. The molecule has 0 saturated carbocycles. The third-order valence-corrected chi connectivity index (χ3v) is 2.27. The second-order valence-electron chi connectivity index (χ2n) is 3.59. The fourth-order valence-electron chi connectivity index (χ4n) is 1.38.